The molecular weight excluding hydrogens is 500 g/mol. The molecule has 7 nitrogen and oxygen atoms in total. The Bertz CT molecular complexity index is 1700. The molecule has 204 valence electrons. The van der Waals surface area contributed by atoms with Gasteiger partial charge in [0.1, 0.15) is 12.4 Å². The Labute approximate surface area is 234 Å². The molecule has 3 heterocycles. The lowest BCUT2D eigenvalue weighted by Gasteiger charge is -2.44. The van der Waals surface area contributed by atoms with Crippen LogP contribution in [-0.2, 0) is 18.3 Å². The number of allylic oxidation sites excluding steroid dienone is 1. The number of carbonyl (C=O) groups excluding carboxylic acids is 1. The van der Waals surface area contributed by atoms with E-state index in [0.717, 1.165) is 63.3 Å². The predicted molar refractivity (Wildman–Crippen MR) is 159 cm³/mol. The zero-order valence-corrected chi connectivity index (χ0v) is 23.5. The summed E-state index contributed by atoms with van der Waals surface area (Å²) in [5.41, 5.74) is 6.42. The maximum atomic E-state index is 12.5. The number of piperazine rings is 1. The summed E-state index contributed by atoms with van der Waals surface area (Å²) in [4.78, 5) is 33.9. The molecule has 1 fully saturated rings. The van der Waals surface area contributed by atoms with Crippen molar-refractivity contribution in [3.05, 3.63) is 88.4 Å². The molecule has 4 aromatic rings. The van der Waals surface area contributed by atoms with Gasteiger partial charge in [0, 0.05) is 62.0 Å². The molecular formula is C33H34N4O3. The molecule has 2 aromatic carbocycles. The Balaban J connectivity index is 1.15. The van der Waals surface area contributed by atoms with Crippen LogP contribution in [0.2, 0.25) is 0 Å². The highest BCUT2D eigenvalue weighted by Crippen LogP contribution is 2.32. The number of pyridine rings is 2. The average molecular weight is 535 g/mol. The summed E-state index contributed by atoms with van der Waals surface area (Å²) >= 11 is 0. The van der Waals surface area contributed by atoms with Gasteiger partial charge in [0.2, 0.25) is 5.91 Å². The number of likely N-dealkylation sites (N-methyl/N-ethyl adjacent to an activating group) is 1. The molecule has 0 atom stereocenters. The van der Waals surface area contributed by atoms with Gasteiger partial charge in [0.05, 0.1) is 16.7 Å². The Kier molecular flexibility index (Phi) is 6.55. The van der Waals surface area contributed by atoms with Crippen molar-refractivity contribution in [2.75, 3.05) is 33.3 Å². The minimum Gasteiger partial charge on any atom is -0.492 e. The van der Waals surface area contributed by atoms with Crippen LogP contribution in [0, 0.1) is 0 Å². The summed E-state index contributed by atoms with van der Waals surface area (Å²) < 4.78 is 7.69. The molecule has 0 saturated carbocycles. The second-order valence-corrected chi connectivity index (χ2v) is 11.2. The fraction of sp³-hybridized carbons (Fsp3) is 0.303. The van der Waals surface area contributed by atoms with E-state index < -0.39 is 5.54 Å². The lowest BCUT2D eigenvalue weighted by molar-refractivity contribution is -0.147. The van der Waals surface area contributed by atoms with Gasteiger partial charge in [-0.3, -0.25) is 14.5 Å². The van der Waals surface area contributed by atoms with Gasteiger partial charge in [-0.2, -0.15) is 0 Å². The SMILES string of the molecule is CN1CCN(CCOc2ccc(-c3ccc4cc(-c5cn(C)c(=O)c6c5C=CC6)ccc4n3)cc2)C(C)(C)C1=O. The number of nitrogens with zero attached hydrogens (tertiary/aromatic N) is 4. The Hall–Kier alpha value is -4.23. The number of hydrogen-bond acceptors (Lipinski definition) is 5. The quantitative estimate of drug-likeness (QED) is 0.357. The number of hydrogen-bond donors (Lipinski definition) is 0. The lowest BCUT2D eigenvalue weighted by Crippen LogP contribution is -2.62. The average Bonchev–Trinajstić information content (AvgIpc) is 3.45. The molecule has 1 amide bonds. The van der Waals surface area contributed by atoms with Gasteiger partial charge < -0.3 is 14.2 Å². The normalized spacial score (nSPS) is 16.5. The van der Waals surface area contributed by atoms with Crippen LogP contribution in [-0.4, -0.2) is 64.1 Å². The fourth-order valence-corrected chi connectivity index (χ4v) is 5.82. The largest absolute Gasteiger partial charge is 0.492 e. The van der Waals surface area contributed by atoms with E-state index in [1.807, 2.05) is 70.5 Å². The van der Waals surface area contributed by atoms with E-state index in [2.05, 4.69) is 35.3 Å². The summed E-state index contributed by atoms with van der Waals surface area (Å²) in [5.74, 6) is 0.946. The van der Waals surface area contributed by atoms with Crippen molar-refractivity contribution in [2.45, 2.75) is 25.8 Å². The molecule has 0 unspecified atom stereocenters. The van der Waals surface area contributed by atoms with Crippen molar-refractivity contribution in [3.63, 3.8) is 0 Å². The zero-order valence-electron chi connectivity index (χ0n) is 23.5. The minimum absolute atomic E-state index is 0.0720. The van der Waals surface area contributed by atoms with Gasteiger partial charge in [-0.25, -0.2) is 4.98 Å². The summed E-state index contributed by atoms with van der Waals surface area (Å²) in [6, 6.07) is 18.4. The van der Waals surface area contributed by atoms with Gasteiger partial charge >= 0.3 is 0 Å². The smallest absolute Gasteiger partial charge is 0.254 e. The zero-order chi connectivity index (χ0) is 28.0. The first-order valence-electron chi connectivity index (χ1n) is 13.8. The molecule has 6 rings (SSSR count). The summed E-state index contributed by atoms with van der Waals surface area (Å²) in [6.45, 7) is 6.75. The molecule has 2 aromatic heterocycles. The van der Waals surface area contributed by atoms with Crippen LogP contribution in [0.15, 0.2) is 71.7 Å². The van der Waals surface area contributed by atoms with Crippen LogP contribution in [0.4, 0.5) is 0 Å². The molecule has 2 aliphatic rings. The maximum Gasteiger partial charge on any atom is 0.254 e. The maximum absolute atomic E-state index is 12.5. The number of fused-ring (bicyclic) bond motifs is 2. The van der Waals surface area contributed by atoms with E-state index in [0.29, 0.717) is 19.6 Å². The van der Waals surface area contributed by atoms with Gasteiger partial charge in [-0.15, -0.1) is 0 Å². The molecule has 1 aliphatic carbocycles. The number of benzene rings is 2. The number of ether oxygens (including phenoxy) is 1. The highest BCUT2D eigenvalue weighted by atomic mass is 16.5. The van der Waals surface area contributed by atoms with E-state index >= 15 is 0 Å². The molecule has 1 aliphatic heterocycles. The fourth-order valence-electron chi connectivity index (χ4n) is 5.82. The standard InChI is InChI=1S/C33H34N4O3/c1-33(2)32(39)35(3)16-17-37(33)18-19-40-25-12-8-22(9-13-25)29-15-11-24-20-23(10-14-30(24)34-29)28-21-36(4)31(38)27-7-5-6-26(27)28/h5-6,8-15,20-21H,7,16-19H2,1-4H3. The first-order valence-corrected chi connectivity index (χ1v) is 13.8. The molecule has 1 saturated heterocycles. The van der Waals surface area contributed by atoms with Crippen LogP contribution >= 0.6 is 0 Å². The molecule has 7 heteroatoms. The highest BCUT2D eigenvalue weighted by molar-refractivity contribution is 5.89. The molecule has 0 bridgehead atoms. The van der Waals surface area contributed by atoms with Crippen LogP contribution in [0.1, 0.15) is 25.0 Å². The topological polar surface area (TPSA) is 67.7 Å². The number of rotatable bonds is 6. The van der Waals surface area contributed by atoms with Crippen LogP contribution < -0.4 is 10.3 Å². The Morgan fingerprint density at radius 1 is 0.950 bits per heavy atom. The minimum atomic E-state index is -0.515. The summed E-state index contributed by atoms with van der Waals surface area (Å²) in [5, 5.41) is 1.05. The number of aromatic nitrogens is 2. The van der Waals surface area contributed by atoms with Gasteiger partial charge in [0.25, 0.3) is 5.56 Å². The van der Waals surface area contributed by atoms with Crippen molar-refractivity contribution in [1.29, 1.82) is 0 Å². The summed E-state index contributed by atoms with van der Waals surface area (Å²) in [7, 11) is 3.67. The second-order valence-electron chi connectivity index (χ2n) is 11.2. The van der Waals surface area contributed by atoms with E-state index in [1.54, 1.807) is 9.47 Å². The summed E-state index contributed by atoms with van der Waals surface area (Å²) in [6.07, 6.45) is 6.72. The van der Waals surface area contributed by atoms with E-state index in [4.69, 9.17) is 9.72 Å². The highest BCUT2D eigenvalue weighted by Gasteiger charge is 2.40. The van der Waals surface area contributed by atoms with E-state index in [-0.39, 0.29) is 11.5 Å². The number of carbonyl (C=O) groups is 1. The Morgan fingerprint density at radius 2 is 1.73 bits per heavy atom. The van der Waals surface area contributed by atoms with Crippen molar-refractivity contribution < 1.29 is 9.53 Å². The second kappa shape index (κ2) is 10.1. The van der Waals surface area contributed by atoms with Crippen LogP contribution in [0.3, 0.4) is 0 Å². The third kappa shape index (κ3) is 4.60. The molecule has 0 N–H and O–H groups in total. The van der Waals surface area contributed by atoms with Gasteiger partial charge in [-0.1, -0.05) is 24.3 Å². The van der Waals surface area contributed by atoms with Crippen molar-refractivity contribution >= 4 is 22.9 Å². The van der Waals surface area contributed by atoms with Crippen molar-refractivity contribution in [2.24, 2.45) is 7.05 Å². The monoisotopic (exact) mass is 534 g/mol. The third-order valence-electron chi connectivity index (χ3n) is 8.27. The number of amides is 1. The number of aryl methyl sites for hydroxylation is 1. The molecule has 40 heavy (non-hydrogen) atoms. The Morgan fingerprint density at radius 3 is 2.52 bits per heavy atom. The van der Waals surface area contributed by atoms with E-state index in [9.17, 15) is 9.59 Å². The lowest BCUT2D eigenvalue weighted by atomic mass is 9.98. The van der Waals surface area contributed by atoms with Crippen LogP contribution in [0.25, 0.3) is 39.4 Å². The van der Waals surface area contributed by atoms with Gasteiger partial charge in [-0.05, 0) is 73.9 Å². The predicted octanol–water partition coefficient (Wildman–Crippen LogP) is 4.77. The van der Waals surface area contributed by atoms with Crippen LogP contribution in [0.5, 0.6) is 5.75 Å². The van der Waals surface area contributed by atoms with Gasteiger partial charge in [0.15, 0.2) is 0 Å². The third-order valence-corrected chi connectivity index (χ3v) is 8.27. The van der Waals surface area contributed by atoms with Crippen molar-refractivity contribution in [3.8, 4) is 28.1 Å². The molecule has 0 radical (unpaired) electrons. The first-order chi connectivity index (χ1) is 19.2. The van der Waals surface area contributed by atoms with E-state index in [1.165, 1.54) is 0 Å². The van der Waals surface area contributed by atoms with Crippen molar-refractivity contribution in [1.82, 2.24) is 19.4 Å². The first kappa shape index (κ1) is 26.0. The molecule has 0 spiro atoms.